The Morgan fingerprint density at radius 1 is 1.45 bits per heavy atom. The summed E-state index contributed by atoms with van der Waals surface area (Å²) < 4.78 is 4.87. The zero-order chi connectivity index (χ0) is 8.69. The molecule has 0 radical (unpaired) electrons. The van der Waals surface area contributed by atoms with E-state index in [1.165, 1.54) is 0 Å². The molecule has 0 unspecified atom stereocenters. The molecule has 0 fully saturated rings. The number of hydrogen-bond acceptors (Lipinski definition) is 2. The topological polar surface area (TPSA) is 29.5 Å². The normalized spacial score (nSPS) is 9.73. The van der Waals surface area contributed by atoms with Crippen LogP contribution in [0.15, 0.2) is 0 Å². The van der Waals surface area contributed by atoms with Crippen molar-refractivity contribution in [2.24, 2.45) is 0 Å². The first kappa shape index (κ1) is 10.4. The van der Waals surface area contributed by atoms with Gasteiger partial charge in [-0.05, 0) is 6.92 Å². The molecule has 0 aliphatic carbocycles. The molecular weight excluding hydrogens is 142 g/mol. The zero-order valence-corrected chi connectivity index (χ0v) is 7.59. The molecule has 0 rings (SSSR count). The Balaban J connectivity index is 3.65. The lowest BCUT2D eigenvalue weighted by atomic mass is 10.4. The lowest BCUT2D eigenvalue weighted by Gasteiger charge is -2.19. The van der Waals surface area contributed by atoms with Crippen LogP contribution in [0.5, 0.6) is 0 Å². The molecule has 3 nitrogen and oxygen atoms in total. The molecule has 11 heavy (non-hydrogen) atoms. The minimum atomic E-state index is 0.199. The summed E-state index contributed by atoms with van der Waals surface area (Å²) in [5.41, 5.74) is 0. The van der Waals surface area contributed by atoms with Gasteiger partial charge in [-0.1, -0.05) is 6.92 Å². The van der Waals surface area contributed by atoms with E-state index >= 15 is 0 Å². The lowest BCUT2D eigenvalue weighted by molar-refractivity contribution is -0.131. The van der Waals surface area contributed by atoms with Crippen LogP contribution in [-0.4, -0.2) is 37.6 Å². The molecule has 0 N–H and O–H groups in total. The quantitative estimate of drug-likeness (QED) is 0.596. The lowest BCUT2D eigenvalue weighted by Crippen LogP contribution is -2.32. The monoisotopic (exact) mass is 159 g/mol. The fourth-order valence-electron chi connectivity index (χ4n) is 0.884. The van der Waals surface area contributed by atoms with E-state index < -0.39 is 0 Å². The Kier molecular flexibility index (Phi) is 5.84. The van der Waals surface area contributed by atoms with Crippen LogP contribution < -0.4 is 0 Å². The Morgan fingerprint density at radius 3 is 2.45 bits per heavy atom. The van der Waals surface area contributed by atoms with Crippen LogP contribution in [0.25, 0.3) is 0 Å². The van der Waals surface area contributed by atoms with Crippen LogP contribution in [0.2, 0.25) is 0 Å². The largest absolute Gasteiger partial charge is 0.383 e. The van der Waals surface area contributed by atoms with Gasteiger partial charge in [0.15, 0.2) is 0 Å². The first-order valence-electron chi connectivity index (χ1n) is 4.02. The zero-order valence-electron chi connectivity index (χ0n) is 7.59. The van der Waals surface area contributed by atoms with Crippen molar-refractivity contribution in [3.8, 4) is 0 Å². The molecule has 0 atom stereocenters. The van der Waals surface area contributed by atoms with Crippen LogP contribution in [0.3, 0.4) is 0 Å². The van der Waals surface area contributed by atoms with Crippen LogP contribution in [0.1, 0.15) is 20.3 Å². The van der Waals surface area contributed by atoms with Crippen molar-refractivity contribution in [2.45, 2.75) is 20.3 Å². The Hall–Kier alpha value is -0.570. The predicted octanol–water partition coefficient (Wildman–Crippen LogP) is 0.891. The smallest absolute Gasteiger partial charge is 0.222 e. The fraction of sp³-hybridized carbons (Fsp3) is 0.875. The molecule has 0 aromatic carbocycles. The maximum absolute atomic E-state index is 11.1. The Bertz CT molecular complexity index is 115. The molecule has 0 aliphatic rings. The number of carbonyl (C=O) groups excluding carboxylic acids is 1. The van der Waals surface area contributed by atoms with Crippen LogP contribution in [0.4, 0.5) is 0 Å². The van der Waals surface area contributed by atoms with Crippen molar-refractivity contribution in [2.75, 3.05) is 26.8 Å². The third-order valence-electron chi connectivity index (χ3n) is 1.60. The van der Waals surface area contributed by atoms with Crippen molar-refractivity contribution in [1.29, 1.82) is 0 Å². The van der Waals surface area contributed by atoms with Gasteiger partial charge in [0.25, 0.3) is 0 Å². The second-order valence-electron chi connectivity index (χ2n) is 2.32. The van der Waals surface area contributed by atoms with Gasteiger partial charge in [-0.3, -0.25) is 4.79 Å². The summed E-state index contributed by atoms with van der Waals surface area (Å²) in [4.78, 5) is 12.9. The van der Waals surface area contributed by atoms with Gasteiger partial charge in [-0.25, -0.2) is 0 Å². The van der Waals surface area contributed by atoms with Crippen molar-refractivity contribution in [1.82, 2.24) is 4.90 Å². The van der Waals surface area contributed by atoms with E-state index in [1.54, 1.807) is 12.0 Å². The SMILES string of the molecule is CCC(=O)N(CC)CCOC. The highest BCUT2D eigenvalue weighted by atomic mass is 16.5. The number of hydrogen-bond donors (Lipinski definition) is 0. The second-order valence-corrected chi connectivity index (χ2v) is 2.32. The summed E-state index contributed by atoms with van der Waals surface area (Å²) >= 11 is 0. The van der Waals surface area contributed by atoms with Gasteiger partial charge in [0, 0.05) is 26.6 Å². The highest BCUT2D eigenvalue weighted by Gasteiger charge is 2.06. The van der Waals surface area contributed by atoms with Gasteiger partial charge >= 0.3 is 0 Å². The average Bonchev–Trinajstić information content (AvgIpc) is 2.05. The number of rotatable bonds is 5. The van der Waals surface area contributed by atoms with Crippen LogP contribution in [-0.2, 0) is 9.53 Å². The number of methoxy groups -OCH3 is 1. The van der Waals surface area contributed by atoms with E-state index in [1.807, 2.05) is 13.8 Å². The van der Waals surface area contributed by atoms with E-state index in [2.05, 4.69) is 0 Å². The maximum Gasteiger partial charge on any atom is 0.222 e. The van der Waals surface area contributed by atoms with Crippen molar-refractivity contribution < 1.29 is 9.53 Å². The summed E-state index contributed by atoms with van der Waals surface area (Å²) in [5.74, 6) is 0.199. The second kappa shape index (κ2) is 6.16. The Labute approximate surface area is 68.3 Å². The average molecular weight is 159 g/mol. The molecule has 1 amide bonds. The molecule has 0 saturated carbocycles. The number of nitrogens with zero attached hydrogens (tertiary/aromatic N) is 1. The standard InChI is InChI=1S/C8H17NO2/c1-4-8(10)9(5-2)6-7-11-3/h4-7H2,1-3H3. The predicted molar refractivity (Wildman–Crippen MR) is 44.4 cm³/mol. The third-order valence-corrected chi connectivity index (χ3v) is 1.60. The van der Waals surface area contributed by atoms with Gasteiger partial charge in [0.2, 0.25) is 5.91 Å². The van der Waals surface area contributed by atoms with Crippen LogP contribution >= 0.6 is 0 Å². The minimum Gasteiger partial charge on any atom is -0.383 e. The van der Waals surface area contributed by atoms with E-state index in [4.69, 9.17) is 4.74 Å². The number of carbonyl (C=O) groups is 1. The van der Waals surface area contributed by atoms with E-state index in [0.717, 1.165) is 6.54 Å². The van der Waals surface area contributed by atoms with Crippen molar-refractivity contribution in [3.63, 3.8) is 0 Å². The van der Waals surface area contributed by atoms with Gasteiger partial charge < -0.3 is 9.64 Å². The van der Waals surface area contributed by atoms with E-state index in [9.17, 15) is 4.79 Å². The van der Waals surface area contributed by atoms with Crippen LogP contribution in [0, 0.1) is 0 Å². The maximum atomic E-state index is 11.1. The molecule has 0 aromatic heterocycles. The molecule has 0 saturated heterocycles. The summed E-state index contributed by atoms with van der Waals surface area (Å²) in [6, 6.07) is 0. The van der Waals surface area contributed by atoms with Gasteiger partial charge in [0.1, 0.15) is 0 Å². The number of amides is 1. The third kappa shape index (κ3) is 3.98. The van der Waals surface area contributed by atoms with E-state index in [0.29, 0.717) is 19.6 Å². The molecule has 0 heterocycles. The molecule has 0 aromatic rings. The molecule has 3 heteroatoms. The number of ether oxygens (including phenoxy) is 1. The highest BCUT2D eigenvalue weighted by molar-refractivity contribution is 5.75. The van der Waals surface area contributed by atoms with Crippen molar-refractivity contribution >= 4 is 5.91 Å². The van der Waals surface area contributed by atoms with Crippen molar-refractivity contribution in [3.05, 3.63) is 0 Å². The first-order chi connectivity index (χ1) is 5.26. The molecule has 0 bridgehead atoms. The minimum absolute atomic E-state index is 0.199. The summed E-state index contributed by atoms with van der Waals surface area (Å²) in [6.07, 6.45) is 0.581. The van der Waals surface area contributed by atoms with E-state index in [-0.39, 0.29) is 5.91 Å². The summed E-state index contributed by atoms with van der Waals surface area (Å²) in [7, 11) is 1.64. The summed E-state index contributed by atoms with van der Waals surface area (Å²) in [6.45, 7) is 5.95. The Morgan fingerprint density at radius 2 is 2.09 bits per heavy atom. The highest BCUT2D eigenvalue weighted by Crippen LogP contribution is 1.92. The summed E-state index contributed by atoms with van der Waals surface area (Å²) in [5, 5.41) is 0. The fourth-order valence-corrected chi connectivity index (χ4v) is 0.884. The first-order valence-corrected chi connectivity index (χ1v) is 4.02. The van der Waals surface area contributed by atoms with Gasteiger partial charge in [-0.2, -0.15) is 0 Å². The van der Waals surface area contributed by atoms with Gasteiger partial charge in [-0.15, -0.1) is 0 Å². The molecular formula is C8H17NO2. The van der Waals surface area contributed by atoms with Gasteiger partial charge in [0.05, 0.1) is 6.61 Å². The molecule has 66 valence electrons. The molecule has 0 aliphatic heterocycles. The molecule has 0 spiro atoms. The number of likely N-dealkylation sites (N-methyl/N-ethyl adjacent to an activating group) is 1.